The van der Waals surface area contributed by atoms with Crippen molar-refractivity contribution < 1.29 is 14.3 Å². The van der Waals surface area contributed by atoms with Gasteiger partial charge in [-0.2, -0.15) is 0 Å². The van der Waals surface area contributed by atoms with Gasteiger partial charge < -0.3 is 15.0 Å². The summed E-state index contributed by atoms with van der Waals surface area (Å²) in [6.07, 6.45) is 2.92. The smallest absolute Gasteiger partial charge is 0.261 e. The zero-order valence-corrected chi connectivity index (χ0v) is 15.3. The third-order valence-corrected chi connectivity index (χ3v) is 4.74. The van der Waals surface area contributed by atoms with Crippen LogP contribution >= 0.6 is 11.3 Å². The maximum atomic E-state index is 12.3. The number of hydrogen-bond donors (Lipinski definition) is 2. The Balaban J connectivity index is 1.72. The number of ketones is 1. The predicted octanol–water partition coefficient (Wildman–Crippen LogP) is 2.26. The molecule has 3 aromatic rings. The molecule has 2 N–H and O–H groups in total. The van der Waals surface area contributed by atoms with Crippen molar-refractivity contribution in [3.8, 4) is 0 Å². The number of benzene rings is 1. The van der Waals surface area contributed by atoms with Gasteiger partial charge in [0.05, 0.1) is 22.4 Å². The number of fused-ring (bicyclic) bond motifs is 1. The minimum absolute atomic E-state index is 0.0240. The average Bonchev–Trinajstić information content (AvgIpc) is 3.15. The average molecular weight is 383 g/mol. The van der Waals surface area contributed by atoms with E-state index in [0.29, 0.717) is 28.9 Å². The van der Waals surface area contributed by atoms with Gasteiger partial charge in [0, 0.05) is 18.5 Å². The van der Waals surface area contributed by atoms with Crippen LogP contribution in [0.5, 0.6) is 0 Å². The third kappa shape index (κ3) is 4.55. The second kappa shape index (κ2) is 8.52. The van der Waals surface area contributed by atoms with E-state index in [-0.39, 0.29) is 17.3 Å². The summed E-state index contributed by atoms with van der Waals surface area (Å²) in [5.41, 5.74) is 0.104. The normalized spacial score (nSPS) is 11.1. The summed E-state index contributed by atoms with van der Waals surface area (Å²) in [6, 6.07) is 10.3. The van der Waals surface area contributed by atoms with Gasteiger partial charge in [-0.1, -0.05) is 12.1 Å². The highest BCUT2D eigenvalue weighted by Gasteiger charge is 2.10. The van der Waals surface area contributed by atoms with Crippen molar-refractivity contribution in [2.45, 2.75) is 0 Å². The molecule has 27 heavy (non-hydrogen) atoms. The molecule has 0 atom stereocenters. The van der Waals surface area contributed by atoms with Crippen LogP contribution in [0.25, 0.3) is 17.0 Å². The fourth-order valence-electron chi connectivity index (χ4n) is 2.36. The molecule has 0 aliphatic carbocycles. The van der Waals surface area contributed by atoms with E-state index in [1.54, 1.807) is 49.6 Å². The Labute approximate surface area is 158 Å². The maximum absolute atomic E-state index is 12.3. The van der Waals surface area contributed by atoms with Crippen LogP contribution in [-0.4, -0.2) is 41.9 Å². The number of para-hydroxylation sites is 1. The second-order valence-electron chi connectivity index (χ2n) is 5.58. The summed E-state index contributed by atoms with van der Waals surface area (Å²) >= 11 is 1.26. The number of methoxy groups -OCH3 is 1. The second-order valence-corrected chi connectivity index (χ2v) is 6.70. The Morgan fingerprint density at radius 1 is 1.26 bits per heavy atom. The first-order chi connectivity index (χ1) is 13.1. The molecule has 3 rings (SSSR count). The first-order valence-electron chi connectivity index (χ1n) is 8.17. The van der Waals surface area contributed by atoms with Gasteiger partial charge in [0.15, 0.2) is 5.82 Å². The summed E-state index contributed by atoms with van der Waals surface area (Å²) in [4.78, 5) is 44.3. The first-order valence-corrected chi connectivity index (χ1v) is 8.98. The van der Waals surface area contributed by atoms with Gasteiger partial charge in [-0.25, -0.2) is 4.98 Å². The number of rotatable bonds is 7. The zero-order chi connectivity index (χ0) is 19.2. The van der Waals surface area contributed by atoms with E-state index in [4.69, 9.17) is 4.74 Å². The largest absolute Gasteiger partial charge is 0.383 e. The van der Waals surface area contributed by atoms with Crippen LogP contribution < -0.4 is 10.9 Å². The number of ether oxygens (including phenoxy) is 1. The van der Waals surface area contributed by atoms with Crippen LogP contribution in [0, 0.1) is 0 Å². The van der Waals surface area contributed by atoms with Gasteiger partial charge in [-0.3, -0.25) is 14.4 Å². The van der Waals surface area contributed by atoms with Gasteiger partial charge in [-0.05, 0) is 36.4 Å². The molecule has 0 bridgehead atoms. The van der Waals surface area contributed by atoms with Crippen molar-refractivity contribution in [1.82, 2.24) is 15.3 Å². The Hall–Kier alpha value is -3.10. The maximum Gasteiger partial charge on any atom is 0.261 e. The number of amides is 1. The van der Waals surface area contributed by atoms with E-state index >= 15 is 0 Å². The molecule has 8 heteroatoms. The first kappa shape index (κ1) is 18.7. The molecule has 1 aromatic carbocycles. The monoisotopic (exact) mass is 383 g/mol. The molecule has 0 aliphatic heterocycles. The molecule has 0 saturated carbocycles. The molecule has 0 fully saturated rings. The fourth-order valence-corrected chi connectivity index (χ4v) is 3.19. The molecule has 2 aromatic heterocycles. The molecule has 138 valence electrons. The van der Waals surface area contributed by atoms with Crippen LogP contribution in [-0.2, 0) is 4.74 Å². The number of aromatic amines is 1. The zero-order valence-electron chi connectivity index (χ0n) is 14.5. The number of thiophene rings is 1. The highest BCUT2D eigenvalue weighted by atomic mass is 32.1. The summed E-state index contributed by atoms with van der Waals surface area (Å²) in [5, 5.41) is 3.16. The molecule has 0 unspecified atom stereocenters. The van der Waals surface area contributed by atoms with Crippen molar-refractivity contribution >= 4 is 40.0 Å². The van der Waals surface area contributed by atoms with E-state index in [2.05, 4.69) is 15.3 Å². The Morgan fingerprint density at radius 3 is 2.89 bits per heavy atom. The SMILES string of the molecule is COCCNC(=O)c1ccc(/C=C/C(=O)c2nc3ccccc3c(=O)[nH]2)s1. The number of aromatic nitrogens is 2. The number of hydrogen-bond acceptors (Lipinski definition) is 6. The minimum Gasteiger partial charge on any atom is -0.383 e. The van der Waals surface area contributed by atoms with Crippen molar-refractivity contribution in [3.05, 3.63) is 68.4 Å². The summed E-state index contributed by atoms with van der Waals surface area (Å²) in [5.74, 6) is -0.634. The van der Waals surface area contributed by atoms with E-state index < -0.39 is 5.78 Å². The standard InChI is InChI=1S/C19H17N3O4S/c1-26-11-10-20-19(25)16-9-7-12(27-16)6-8-15(23)17-21-14-5-3-2-4-13(14)18(24)22-17/h2-9H,10-11H2,1H3,(H,20,25)(H,21,22,24)/b8-6+. The molecular weight excluding hydrogens is 366 g/mol. The molecule has 1 amide bonds. The lowest BCUT2D eigenvalue weighted by Crippen LogP contribution is -2.26. The number of carbonyl (C=O) groups is 2. The van der Waals surface area contributed by atoms with Gasteiger partial charge in [-0.15, -0.1) is 11.3 Å². The number of H-pyrrole nitrogens is 1. The van der Waals surface area contributed by atoms with Crippen molar-refractivity contribution in [1.29, 1.82) is 0 Å². The van der Waals surface area contributed by atoms with Gasteiger partial charge >= 0.3 is 0 Å². The molecule has 2 heterocycles. The Bertz CT molecular complexity index is 1070. The van der Waals surface area contributed by atoms with Crippen LogP contribution in [0.3, 0.4) is 0 Å². The van der Waals surface area contributed by atoms with Crippen LogP contribution in [0.15, 0.2) is 47.3 Å². The molecule has 0 spiro atoms. The Kier molecular flexibility index (Phi) is 5.90. The van der Waals surface area contributed by atoms with Gasteiger partial charge in [0.25, 0.3) is 11.5 Å². The van der Waals surface area contributed by atoms with Gasteiger partial charge in [0.1, 0.15) is 0 Å². The molecule has 0 aliphatic rings. The Morgan fingerprint density at radius 2 is 2.07 bits per heavy atom. The topological polar surface area (TPSA) is 101 Å². The van der Waals surface area contributed by atoms with Crippen LogP contribution in [0.1, 0.15) is 25.2 Å². The van der Waals surface area contributed by atoms with E-state index in [1.807, 2.05) is 0 Å². The lowest BCUT2D eigenvalue weighted by atomic mass is 10.2. The molecule has 0 saturated heterocycles. The number of nitrogens with one attached hydrogen (secondary N) is 2. The predicted molar refractivity (Wildman–Crippen MR) is 104 cm³/mol. The van der Waals surface area contributed by atoms with Gasteiger partial charge in [0.2, 0.25) is 5.78 Å². The van der Waals surface area contributed by atoms with E-state index in [0.717, 1.165) is 4.88 Å². The quantitative estimate of drug-likeness (QED) is 0.370. The number of allylic oxidation sites excluding steroid dienone is 1. The lowest BCUT2D eigenvalue weighted by Gasteiger charge is -2.01. The molecule has 0 radical (unpaired) electrons. The molecular formula is C19H17N3O4S. The van der Waals surface area contributed by atoms with Crippen molar-refractivity contribution in [2.75, 3.05) is 20.3 Å². The number of carbonyl (C=O) groups excluding carboxylic acids is 2. The van der Waals surface area contributed by atoms with Crippen molar-refractivity contribution in [2.24, 2.45) is 0 Å². The fraction of sp³-hybridized carbons (Fsp3) is 0.158. The lowest BCUT2D eigenvalue weighted by molar-refractivity contribution is 0.0940. The summed E-state index contributed by atoms with van der Waals surface area (Å²) in [7, 11) is 1.56. The third-order valence-electron chi connectivity index (χ3n) is 3.69. The summed E-state index contributed by atoms with van der Waals surface area (Å²) < 4.78 is 4.88. The van der Waals surface area contributed by atoms with Crippen LogP contribution in [0.4, 0.5) is 0 Å². The van der Waals surface area contributed by atoms with E-state index in [1.165, 1.54) is 17.4 Å². The highest BCUT2D eigenvalue weighted by Crippen LogP contribution is 2.18. The van der Waals surface area contributed by atoms with Crippen LogP contribution in [0.2, 0.25) is 0 Å². The minimum atomic E-state index is -0.419. The number of nitrogens with zero attached hydrogens (tertiary/aromatic N) is 1. The van der Waals surface area contributed by atoms with Crippen molar-refractivity contribution in [3.63, 3.8) is 0 Å². The van der Waals surface area contributed by atoms with E-state index in [9.17, 15) is 14.4 Å². The molecule has 7 nitrogen and oxygen atoms in total. The summed E-state index contributed by atoms with van der Waals surface area (Å²) in [6.45, 7) is 0.868. The highest BCUT2D eigenvalue weighted by molar-refractivity contribution is 7.14.